The lowest BCUT2D eigenvalue weighted by Gasteiger charge is -2.43. The van der Waals surface area contributed by atoms with Crippen LogP contribution in [0.2, 0.25) is 0 Å². The first-order chi connectivity index (χ1) is 5.65. The van der Waals surface area contributed by atoms with Crippen molar-refractivity contribution in [3.63, 3.8) is 0 Å². The molecule has 5 unspecified atom stereocenters. The zero-order chi connectivity index (χ0) is 8.34. The quantitative estimate of drug-likeness (QED) is 0.585. The summed E-state index contributed by atoms with van der Waals surface area (Å²) in [6, 6.07) is 0. The van der Waals surface area contributed by atoms with Crippen LogP contribution in [-0.2, 0) is 0 Å². The third-order valence-corrected chi connectivity index (χ3v) is 4.60. The van der Waals surface area contributed by atoms with Crippen LogP contribution in [0.1, 0.15) is 39.0 Å². The van der Waals surface area contributed by atoms with E-state index >= 15 is 0 Å². The van der Waals surface area contributed by atoms with E-state index in [4.69, 9.17) is 0 Å². The highest BCUT2D eigenvalue weighted by Crippen LogP contribution is 2.58. The molecule has 3 rings (SSSR count). The van der Waals surface area contributed by atoms with E-state index < -0.39 is 0 Å². The lowest BCUT2D eigenvalue weighted by atomic mass is 9.66. The molecular formula is C11H18O. The molecule has 3 fully saturated rings. The highest BCUT2D eigenvalue weighted by molar-refractivity contribution is 5.03. The van der Waals surface area contributed by atoms with Gasteiger partial charge < -0.3 is 5.11 Å². The van der Waals surface area contributed by atoms with Gasteiger partial charge in [-0.15, -0.1) is 0 Å². The van der Waals surface area contributed by atoms with Crippen LogP contribution < -0.4 is 0 Å². The van der Waals surface area contributed by atoms with Gasteiger partial charge in [-0.25, -0.2) is 0 Å². The molecule has 12 heavy (non-hydrogen) atoms. The maximum atomic E-state index is 10.2. The first-order valence-electron chi connectivity index (χ1n) is 5.37. The SMILES string of the molecule is CC1(O)CC2CC3CC(C2)C1C3. The number of hydrogen-bond donors (Lipinski definition) is 1. The van der Waals surface area contributed by atoms with E-state index in [0.29, 0.717) is 5.92 Å². The molecule has 0 aliphatic heterocycles. The normalized spacial score (nSPS) is 62.5. The van der Waals surface area contributed by atoms with E-state index in [0.717, 1.165) is 24.2 Å². The predicted molar refractivity (Wildman–Crippen MR) is 47.7 cm³/mol. The molecule has 0 heterocycles. The molecule has 3 saturated carbocycles. The Hall–Kier alpha value is -0.0400. The van der Waals surface area contributed by atoms with Crippen molar-refractivity contribution in [2.45, 2.75) is 44.6 Å². The number of fused-ring (bicyclic) bond motifs is 2. The van der Waals surface area contributed by atoms with Crippen LogP contribution in [0.5, 0.6) is 0 Å². The van der Waals surface area contributed by atoms with E-state index in [-0.39, 0.29) is 5.60 Å². The van der Waals surface area contributed by atoms with Gasteiger partial charge in [-0.3, -0.25) is 0 Å². The van der Waals surface area contributed by atoms with Crippen LogP contribution >= 0.6 is 0 Å². The molecule has 1 nitrogen and oxygen atoms in total. The third-order valence-electron chi connectivity index (χ3n) is 4.60. The minimum absolute atomic E-state index is 0.307. The predicted octanol–water partition coefficient (Wildman–Crippen LogP) is 2.19. The monoisotopic (exact) mass is 166 g/mol. The second-order valence-corrected chi connectivity index (χ2v) is 5.60. The van der Waals surface area contributed by atoms with Crippen molar-refractivity contribution in [3.8, 4) is 0 Å². The Labute approximate surface area is 74.2 Å². The Bertz CT molecular complexity index is 207. The minimum atomic E-state index is -0.307. The molecule has 0 aromatic carbocycles. The maximum Gasteiger partial charge on any atom is 0.0653 e. The summed E-state index contributed by atoms with van der Waals surface area (Å²) < 4.78 is 0. The van der Waals surface area contributed by atoms with Gasteiger partial charge in [0, 0.05) is 0 Å². The first kappa shape index (κ1) is 7.37. The van der Waals surface area contributed by atoms with Gasteiger partial charge in [-0.05, 0) is 62.7 Å². The Balaban J connectivity index is 1.98. The van der Waals surface area contributed by atoms with Gasteiger partial charge in [-0.1, -0.05) is 0 Å². The Morgan fingerprint density at radius 2 is 1.83 bits per heavy atom. The summed E-state index contributed by atoms with van der Waals surface area (Å²) in [6.07, 6.45) is 6.69. The molecule has 68 valence electrons. The standard InChI is InChI=1S/C11H18O/c1-11(12)6-8-2-7-3-9(4-8)10(11)5-7/h7-10,12H,2-6H2,1H3. The lowest BCUT2D eigenvalue weighted by Crippen LogP contribution is -2.43. The van der Waals surface area contributed by atoms with Crippen LogP contribution in [0.25, 0.3) is 0 Å². The van der Waals surface area contributed by atoms with Crippen LogP contribution in [-0.4, -0.2) is 10.7 Å². The summed E-state index contributed by atoms with van der Waals surface area (Å²) in [5, 5.41) is 10.2. The zero-order valence-electron chi connectivity index (χ0n) is 7.79. The second kappa shape index (κ2) is 2.06. The van der Waals surface area contributed by atoms with E-state index in [1.54, 1.807) is 0 Å². The van der Waals surface area contributed by atoms with Crippen molar-refractivity contribution in [2.24, 2.45) is 23.7 Å². The highest BCUT2D eigenvalue weighted by atomic mass is 16.3. The average molecular weight is 166 g/mol. The van der Waals surface area contributed by atoms with Crippen molar-refractivity contribution in [3.05, 3.63) is 0 Å². The van der Waals surface area contributed by atoms with Gasteiger partial charge in [0.25, 0.3) is 0 Å². The fraction of sp³-hybridized carbons (Fsp3) is 1.00. The number of aliphatic hydroxyl groups is 1. The molecule has 1 N–H and O–H groups in total. The molecule has 5 atom stereocenters. The van der Waals surface area contributed by atoms with Gasteiger partial charge in [0.05, 0.1) is 5.60 Å². The topological polar surface area (TPSA) is 20.2 Å². The zero-order valence-corrected chi connectivity index (χ0v) is 7.79. The summed E-state index contributed by atoms with van der Waals surface area (Å²) >= 11 is 0. The Morgan fingerprint density at radius 1 is 1.08 bits per heavy atom. The minimum Gasteiger partial charge on any atom is -0.390 e. The molecule has 0 aromatic rings. The number of rotatable bonds is 0. The van der Waals surface area contributed by atoms with Crippen LogP contribution in [0.4, 0.5) is 0 Å². The molecule has 3 aliphatic rings. The van der Waals surface area contributed by atoms with Crippen LogP contribution in [0.3, 0.4) is 0 Å². The largest absolute Gasteiger partial charge is 0.390 e. The summed E-state index contributed by atoms with van der Waals surface area (Å²) in [5.74, 6) is 3.38. The molecule has 1 heteroatoms. The van der Waals surface area contributed by atoms with E-state index in [1.165, 1.54) is 25.7 Å². The Kier molecular flexibility index (Phi) is 1.27. The van der Waals surface area contributed by atoms with Crippen molar-refractivity contribution in [2.75, 3.05) is 0 Å². The molecule has 0 amide bonds. The van der Waals surface area contributed by atoms with Crippen molar-refractivity contribution in [1.29, 1.82) is 0 Å². The van der Waals surface area contributed by atoms with Crippen molar-refractivity contribution in [1.82, 2.24) is 0 Å². The molecule has 0 aromatic heterocycles. The summed E-state index contributed by atoms with van der Waals surface area (Å²) in [4.78, 5) is 0. The van der Waals surface area contributed by atoms with Crippen LogP contribution in [0.15, 0.2) is 0 Å². The van der Waals surface area contributed by atoms with Gasteiger partial charge >= 0.3 is 0 Å². The summed E-state index contributed by atoms with van der Waals surface area (Å²) in [7, 11) is 0. The van der Waals surface area contributed by atoms with E-state index in [2.05, 4.69) is 6.92 Å². The summed E-state index contributed by atoms with van der Waals surface area (Å²) in [5.41, 5.74) is -0.307. The lowest BCUT2D eigenvalue weighted by molar-refractivity contribution is -0.0661. The molecule has 3 aliphatic carbocycles. The molecular weight excluding hydrogens is 148 g/mol. The molecule has 0 radical (unpaired) electrons. The van der Waals surface area contributed by atoms with Crippen molar-refractivity contribution >= 4 is 0 Å². The number of hydrogen-bond acceptors (Lipinski definition) is 1. The second-order valence-electron chi connectivity index (χ2n) is 5.60. The molecule has 0 spiro atoms. The molecule has 3 bridgehead atoms. The van der Waals surface area contributed by atoms with Gasteiger partial charge in [0.1, 0.15) is 0 Å². The van der Waals surface area contributed by atoms with Crippen LogP contribution in [0, 0.1) is 23.7 Å². The van der Waals surface area contributed by atoms with Crippen molar-refractivity contribution < 1.29 is 5.11 Å². The summed E-state index contributed by atoms with van der Waals surface area (Å²) in [6.45, 7) is 2.07. The third kappa shape index (κ3) is 0.834. The maximum absolute atomic E-state index is 10.2. The smallest absolute Gasteiger partial charge is 0.0653 e. The first-order valence-corrected chi connectivity index (χ1v) is 5.37. The highest BCUT2D eigenvalue weighted by Gasteiger charge is 2.53. The average Bonchev–Trinajstić information content (AvgIpc) is 2.20. The van der Waals surface area contributed by atoms with Gasteiger partial charge in [0.15, 0.2) is 0 Å². The fourth-order valence-corrected chi connectivity index (χ4v) is 4.35. The fourth-order valence-electron chi connectivity index (χ4n) is 4.35. The van der Waals surface area contributed by atoms with Gasteiger partial charge in [0.2, 0.25) is 0 Å². The van der Waals surface area contributed by atoms with Gasteiger partial charge in [-0.2, -0.15) is 0 Å². The molecule has 0 saturated heterocycles. The Morgan fingerprint density at radius 3 is 2.67 bits per heavy atom. The van der Waals surface area contributed by atoms with E-state index in [9.17, 15) is 5.11 Å². The van der Waals surface area contributed by atoms with E-state index in [1.807, 2.05) is 0 Å².